The molecular formula is C95H103Cl2N7O17S2. The predicted octanol–water partition coefficient (Wildman–Crippen LogP) is 16.5. The number of nitrogens with zero attached hydrogens (tertiary/aromatic N) is 4. The number of para-hydroxylation sites is 2. The van der Waals surface area contributed by atoms with Gasteiger partial charge in [-0.05, 0) is 238 Å². The lowest BCUT2D eigenvalue weighted by Gasteiger charge is -2.53. The zero-order chi connectivity index (χ0) is 88.4. The van der Waals surface area contributed by atoms with Crippen molar-refractivity contribution >= 4 is 117 Å². The summed E-state index contributed by atoms with van der Waals surface area (Å²) in [6.45, 7) is 18.9. The normalized spacial score (nSPS) is 20.6. The van der Waals surface area contributed by atoms with Crippen LogP contribution in [0.2, 0.25) is 10.0 Å². The number of Topliss-reactive ketones (excluding diaryl/α,β-unsaturated/α-hetero) is 2. The van der Waals surface area contributed by atoms with Crippen LogP contribution in [-0.4, -0.2) is 124 Å². The van der Waals surface area contributed by atoms with Gasteiger partial charge in [0.1, 0.15) is 21.8 Å². The number of carbonyl (C=O) groups excluding carboxylic acids is 5. The molecular weight excluding hydrogens is 1650 g/mol. The Morgan fingerprint density at radius 1 is 0.772 bits per heavy atom. The Hall–Kier alpha value is -10.8. The van der Waals surface area contributed by atoms with Crippen LogP contribution in [0.3, 0.4) is 0 Å². The Morgan fingerprint density at radius 3 is 2.15 bits per heavy atom. The van der Waals surface area contributed by atoms with Crippen molar-refractivity contribution in [3.63, 3.8) is 0 Å². The number of pyridine rings is 1. The minimum Gasteiger partial charge on any atom is -0.493 e. The Balaban J connectivity index is 0.000000132. The predicted molar refractivity (Wildman–Crippen MR) is 474 cm³/mol. The molecule has 3 aromatic heterocycles. The monoisotopic (exact) mass is 1750 g/mol. The number of hydrogen-bond acceptors (Lipinski definition) is 20. The van der Waals surface area contributed by atoms with Gasteiger partial charge in [-0.15, -0.1) is 0 Å². The second-order valence-corrected chi connectivity index (χ2v) is 37.6. The van der Waals surface area contributed by atoms with Crippen molar-refractivity contribution in [3.8, 4) is 17.6 Å². The Bertz CT molecular complexity index is 6260. The number of fused-ring (bicyclic) bond motifs is 8. The molecule has 3 fully saturated rings. The van der Waals surface area contributed by atoms with Crippen molar-refractivity contribution < 1.29 is 69.3 Å². The van der Waals surface area contributed by atoms with Crippen LogP contribution in [0.4, 0.5) is 5.69 Å². The standard InChI is InChI=1S/C22H26N2O2.C21H27NO3.C20H21NO5.C18H18ClNO3S.C14H11ClN2O4S/c1-3-22-11-7-12-23-13-10-16-15-8-5-6-9-17(15)24(19(16)20(22)23)18(14-22)21(25)26-4-2;1-15(23)16-9-11-21(14-22,12-10-16)17-7-8-19(24-2)20(13-17)25-18-5-3-4-6-18;1-10(2)7-8-25-20(24)15-9-14(22)16-18(26-15)13-6-5-11(3)12(4)17(13)21-19(16)23;1-12-9-13-5-3-4-6-16(13)20(12)11-17(21)14-7-8-15(19)18(10-14)24(2,22)23;15-11-6-5-8(7-12(11)22(16,20)21)14(19)10-4-2-1-3-9(10)13(18)17-14/h5-6,8-9,14,20H,3-4,7,10-13H2,1-2H3;7-8,13,16,18H,3-6,9-12H2,1-2H3;5-6,9-10H,7-8H2,1-4H3,(H,21,23);3-8,10,12H,9,11H2,1-2H3;1-7,19H,(H,17,18)(H2,16,20,21)/t20-,22+;;;;/m1..../s1. The molecule has 5 N–H and O–H groups in total. The fraction of sp³-hybridized carbons (Fsp3) is 0.389. The number of hydrogen-bond donors (Lipinski definition) is 4. The number of anilines is 1. The summed E-state index contributed by atoms with van der Waals surface area (Å²) in [4.78, 5) is 93.3. The molecule has 0 bridgehead atoms. The number of nitrogens with two attached hydrogens (primary N) is 1. The van der Waals surface area contributed by atoms with Crippen LogP contribution < -0.4 is 35.8 Å². The third-order valence-electron chi connectivity index (χ3n) is 25.0. The van der Waals surface area contributed by atoms with Gasteiger partial charge in [0.25, 0.3) is 11.5 Å². The molecule has 646 valence electrons. The fourth-order valence-corrected chi connectivity index (χ4v) is 20.6. The lowest BCUT2D eigenvalue weighted by Crippen LogP contribution is -2.51. The molecule has 2 saturated carbocycles. The van der Waals surface area contributed by atoms with Gasteiger partial charge in [-0.25, -0.2) is 31.6 Å². The third-order valence-corrected chi connectivity index (χ3v) is 28.0. The van der Waals surface area contributed by atoms with E-state index in [-0.39, 0.29) is 96.3 Å². The van der Waals surface area contributed by atoms with Gasteiger partial charge in [-0.2, -0.15) is 5.26 Å². The quantitative estimate of drug-likeness (QED) is 0.0352. The summed E-state index contributed by atoms with van der Waals surface area (Å²) in [6, 6.07) is 45.1. The maximum Gasteiger partial charge on any atom is 0.374 e. The molecule has 5 aliphatic heterocycles. The number of benzene rings is 7. The van der Waals surface area contributed by atoms with Crippen LogP contribution in [0.5, 0.6) is 11.5 Å². The summed E-state index contributed by atoms with van der Waals surface area (Å²) in [5, 5.41) is 30.2. The number of halogens is 2. The summed E-state index contributed by atoms with van der Waals surface area (Å²) in [6.07, 6.45) is 17.3. The topological polar surface area (TPSA) is 347 Å². The molecule has 4 atom stereocenters. The number of aromatic nitrogens is 2. The number of ether oxygens (including phenoxy) is 4. The summed E-state index contributed by atoms with van der Waals surface area (Å²) >= 11 is 11.8. The molecule has 2 aliphatic carbocycles. The molecule has 123 heavy (non-hydrogen) atoms. The van der Waals surface area contributed by atoms with Crippen molar-refractivity contribution in [1.29, 1.82) is 5.26 Å². The molecule has 7 aromatic carbocycles. The average Bonchev–Trinajstić information content (AvgIpc) is 1.56. The molecule has 28 heteroatoms. The number of aromatic amines is 1. The first kappa shape index (κ1) is 90.0. The molecule has 8 heterocycles. The molecule has 7 aliphatic rings. The van der Waals surface area contributed by atoms with Crippen LogP contribution in [0.15, 0.2) is 175 Å². The van der Waals surface area contributed by atoms with Gasteiger partial charge in [0.2, 0.25) is 15.8 Å². The van der Waals surface area contributed by atoms with E-state index >= 15 is 0 Å². The highest BCUT2D eigenvalue weighted by molar-refractivity contribution is 7.90. The minimum absolute atomic E-state index is 0.00936. The van der Waals surface area contributed by atoms with E-state index in [2.05, 4.69) is 81.0 Å². The molecule has 1 saturated heterocycles. The molecule has 2 unspecified atom stereocenters. The highest BCUT2D eigenvalue weighted by Gasteiger charge is 2.52. The fourth-order valence-electron chi connectivity index (χ4n) is 18.2. The zero-order valence-electron chi connectivity index (χ0n) is 70.7. The van der Waals surface area contributed by atoms with E-state index in [4.69, 9.17) is 51.7 Å². The Kier molecular flexibility index (Phi) is 27.0. The summed E-state index contributed by atoms with van der Waals surface area (Å²) in [5.41, 5.74) is 8.28. The summed E-state index contributed by atoms with van der Waals surface area (Å²) < 4.78 is 76.9. The SMILES string of the molecule is CC1Cc2ccccc2N1CC(=O)c1ccc(Cl)c(S(C)(=O)=O)c1.CCOC(=O)C1=C[C@]2(CC)CCCN3CCc4c(n1c1ccccc41)[C@@H]32.COc1ccc(C2(C#N)CCC(C(C)=O)CC2)cc1OC1CCCC1.Cc1ccc2c([nH]c(=O)c3c(=O)cc(C(=O)OCCC(C)C)oc32)c1C.NS(=O)(=O)c1cc(C2(O)NC(=O)c3ccccc32)ccc1Cl. The van der Waals surface area contributed by atoms with E-state index in [9.17, 15) is 60.8 Å². The van der Waals surface area contributed by atoms with Crippen LogP contribution in [0.1, 0.15) is 201 Å². The van der Waals surface area contributed by atoms with Gasteiger partial charge in [0.15, 0.2) is 43.9 Å². The number of sulfonamides is 1. The first-order valence-corrected chi connectivity index (χ1v) is 45.9. The number of esters is 2. The summed E-state index contributed by atoms with van der Waals surface area (Å²) in [7, 11) is -5.89. The third kappa shape index (κ3) is 18.4. The van der Waals surface area contributed by atoms with Gasteiger partial charge in [0, 0.05) is 80.6 Å². The number of methoxy groups -OCH3 is 1. The lowest BCUT2D eigenvalue weighted by atomic mass is 9.66. The van der Waals surface area contributed by atoms with Gasteiger partial charge in [-0.3, -0.25) is 28.9 Å². The number of nitrogens with one attached hydrogen (secondary N) is 2. The van der Waals surface area contributed by atoms with Gasteiger partial charge in [0.05, 0.1) is 76.5 Å². The Morgan fingerprint density at radius 2 is 1.46 bits per heavy atom. The van der Waals surface area contributed by atoms with E-state index in [0.717, 1.165) is 141 Å². The Labute approximate surface area is 725 Å². The van der Waals surface area contributed by atoms with E-state index < -0.39 is 53.9 Å². The van der Waals surface area contributed by atoms with E-state index in [1.807, 2.05) is 77.1 Å². The minimum atomic E-state index is -4.06. The van der Waals surface area contributed by atoms with Crippen LogP contribution in [0.25, 0.3) is 38.5 Å². The van der Waals surface area contributed by atoms with Crippen LogP contribution in [-0.2, 0) is 62.9 Å². The highest BCUT2D eigenvalue weighted by atomic mass is 35.5. The zero-order valence-corrected chi connectivity index (χ0v) is 73.8. The molecule has 10 aromatic rings. The van der Waals surface area contributed by atoms with Gasteiger partial charge >= 0.3 is 11.9 Å². The molecule has 1 amide bonds. The average molecular weight is 1750 g/mol. The maximum atomic E-state index is 12.9. The smallest absolute Gasteiger partial charge is 0.374 e. The van der Waals surface area contributed by atoms with Crippen molar-refractivity contribution in [3.05, 3.63) is 244 Å². The number of ketones is 2. The first-order chi connectivity index (χ1) is 58.6. The molecule has 0 radical (unpaired) electrons. The second-order valence-electron chi connectivity index (χ2n) is 33.2. The largest absolute Gasteiger partial charge is 0.493 e. The first-order valence-electron chi connectivity index (χ1n) is 41.7. The summed E-state index contributed by atoms with van der Waals surface area (Å²) in [5.74, 6) is 0.533. The van der Waals surface area contributed by atoms with Gasteiger partial charge < -0.3 is 48.2 Å². The van der Waals surface area contributed by atoms with Crippen molar-refractivity contribution in [1.82, 2.24) is 19.8 Å². The van der Waals surface area contributed by atoms with Crippen LogP contribution in [0, 0.1) is 42.4 Å². The maximum absolute atomic E-state index is 12.9. The number of rotatable bonds is 18. The molecule has 0 spiro atoms. The van der Waals surface area contributed by atoms with Crippen molar-refractivity contribution in [2.45, 2.75) is 184 Å². The number of aryl methyl sites for hydroxylation is 2. The number of amides is 1. The number of aliphatic hydroxyl groups is 1. The molecule has 17 rings (SSSR count). The second kappa shape index (κ2) is 37.0. The van der Waals surface area contributed by atoms with E-state index in [1.54, 1.807) is 50.4 Å². The number of carbonyl (C=O) groups is 5. The van der Waals surface area contributed by atoms with E-state index in [1.165, 1.54) is 65.7 Å². The van der Waals surface area contributed by atoms with Crippen molar-refractivity contribution in [2.75, 3.05) is 51.1 Å². The number of H-pyrrole nitrogens is 1. The van der Waals surface area contributed by atoms with Gasteiger partial charge in [-0.1, -0.05) is 117 Å². The number of sulfone groups is 1. The molecule has 24 nitrogen and oxygen atoms in total. The van der Waals surface area contributed by atoms with E-state index in [0.29, 0.717) is 52.6 Å². The number of piperidine rings is 1. The van der Waals surface area contributed by atoms with Crippen LogP contribution >= 0.6 is 23.2 Å². The van der Waals surface area contributed by atoms with Crippen molar-refractivity contribution in [2.24, 2.45) is 22.4 Å². The number of nitriles is 1. The number of primary sulfonamides is 1. The highest BCUT2D eigenvalue weighted by Crippen LogP contribution is 2.57. The lowest BCUT2D eigenvalue weighted by molar-refractivity contribution is -0.136.